The summed E-state index contributed by atoms with van der Waals surface area (Å²) in [6, 6.07) is 9.69. The maximum absolute atomic E-state index is 12.3. The fourth-order valence-electron chi connectivity index (χ4n) is 2.88. The van der Waals surface area contributed by atoms with Crippen molar-refractivity contribution >= 4 is 38.5 Å². The van der Waals surface area contributed by atoms with Crippen LogP contribution in [0.25, 0.3) is 21.3 Å². The van der Waals surface area contributed by atoms with Crippen LogP contribution in [0.4, 0.5) is 0 Å². The molecule has 4 aromatic rings. The van der Waals surface area contributed by atoms with Gasteiger partial charge in [0.2, 0.25) is 5.91 Å². The van der Waals surface area contributed by atoms with Crippen molar-refractivity contribution < 1.29 is 4.79 Å². The van der Waals surface area contributed by atoms with Gasteiger partial charge in [0.05, 0.1) is 29.1 Å². The molecule has 0 fully saturated rings. The number of hydrogen-bond donors (Lipinski definition) is 1. The molecule has 132 valence electrons. The minimum atomic E-state index is -0.195. The highest BCUT2D eigenvalue weighted by Gasteiger charge is 2.08. The Bertz CT molecular complexity index is 1130. The number of para-hydroxylation sites is 2. The van der Waals surface area contributed by atoms with Crippen molar-refractivity contribution in [3.8, 4) is 0 Å². The Kier molecular flexibility index (Phi) is 4.49. The molecule has 4 rings (SSSR count). The van der Waals surface area contributed by atoms with E-state index in [4.69, 9.17) is 0 Å². The molecule has 26 heavy (non-hydrogen) atoms. The molecule has 0 spiro atoms. The number of imidazole rings is 1. The third kappa shape index (κ3) is 3.23. The highest BCUT2D eigenvalue weighted by molar-refractivity contribution is 7.16. The number of hydrogen-bond acceptors (Lipinski definition) is 5. The molecule has 0 saturated heterocycles. The predicted octanol–water partition coefficient (Wildman–Crippen LogP) is 2.01. The van der Waals surface area contributed by atoms with E-state index in [0.29, 0.717) is 16.8 Å². The Morgan fingerprint density at radius 1 is 1.12 bits per heavy atom. The van der Waals surface area contributed by atoms with Gasteiger partial charge in [-0.2, -0.15) is 0 Å². The largest absolute Gasteiger partial charge is 0.354 e. The average molecular weight is 367 g/mol. The number of fused-ring (bicyclic) bond motifs is 2. The molecule has 0 radical (unpaired) electrons. The third-order valence-corrected chi connectivity index (χ3v) is 5.01. The molecule has 0 saturated carbocycles. The fourth-order valence-corrected chi connectivity index (χ4v) is 3.61. The summed E-state index contributed by atoms with van der Waals surface area (Å²) in [5.74, 6) is -0.195. The zero-order valence-electron chi connectivity index (χ0n) is 14.0. The van der Waals surface area contributed by atoms with Gasteiger partial charge in [0.1, 0.15) is 11.4 Å². The number of thiophene rings is 1. The molecule has 0 aliphatic carbocycles. The van der Waals surface area contributed by atoms with Crippen LogP contribution in [-0.2, 0) is 17.9 Å². The van der Waals surface area contributed by atoms with Gasteiger partial charge >= 0.3 is 0 Å². The maximum atomic E-state index is 12.3. The minimum absolute atomic E-state index is 0.0222. The quantitative estimate of drug-likeness (QED) is 0.529. The summed E-state index contributed by atoms with van der Waals surface area (Å²) >= 11 is 1.41. The number of rotatable bonds is 6. The van der Waals surface area contributed by atoms with Crippen LogP contribution < -0.4 is 10.9 Å². The molecule has 0 bridgehead atoms. The van der Waals surface area contributed by atoms with E-state index >= 15 is 0 Å². The van der Waals surface area contributed by atoms with Gasteiger partial charge in [-0.15, -0.1) is 11.3 Å². The summed E-state index contributed by atoms with van der Waals surface area (Å²) in [4.78, 5) is 33.6. The normalized spacial score (nSPS) is 11.2. The number of benzene rings is 1. The van der Waals surface area contributed by atoms with Crippen LogP contribution in [0, 0.1) is 0 Å². The van der Waals surface area contributed by atoms with Crippen LogP contribution in [0.5, 0.6) is 0 Å². The predicted molar refractivity (Wildman–Crippen MR) is 101 cm³/mol. The molecular weight excluding hydrogens is 350 g/mol. The lowest BCUT2D eigenvalue weighted by molar-refractivity contribution is -0.121. The molecule has 0 unspecified atom stereocenters. The van der Waals surface area contributed by atoms with E-state index in [-0.39, 0.29) is 18.0 Å². The second-order valence-electron chi connectivity index (χ2n) is 5.95. The Morgan fingerprint density at radius 2 is 1.96 bits per heavy atom. The molecule has 8 heteroatoms. The molecular formula is C18H17N5O2S. The van der Waals surface area contributed by atoms with Crippen LogP contribution >= 0.6 is 11.3 Å². The molecule has 1 N–H and O–H groups in total. The Labute approximate surface area is 152 Å². The zero-order valence-corrected chi connectivity index (χ0v) is 14.8. The van der Waals surface area contributed by atoms with E-state index < -0.39 is 0 Å². The van der Waals surface area contributed by atoms with Crippen LogP contribution in [0.15, 0.2) is 53.2 Å². The van der Waals surface area contributed by atoms with Gasteiger partial charge in [0, 0.05) is 13.1 Å². The second-order valence-corrected chi connectivity index (χ2v) is 6.84. The summed E-state index contributed by atoms with van der Waals surface area (Å²) < 4.78 is 3.41. The van der Waals surface area contributed by atoms with Gasteiger partial charge in [-0.1, -0.05) is 12.1 Å². The first-order valence-corrected chi connectivity index (χ1v) is 9.19. The maximum Gasteiger partial charge on any atom is 0.262 e. The van der Waals surface area contributed by atoms with Gasteiger partial charge < -0.3 is 9.88 Å². The van der Waals surface area contributed by atoms with Gasteiger partial charge in [-0.25, -0.2) is 9.97 Å². The van der Waals surface area contributed by atoms with E-state index in [1.807, 2.05) is 36.0 Å². The average Bonchev–Trinajstić information content (AvgIpc) is 3.29. The Balaban J connectivity index is 1.31. The lowest BCUT2D eigenvalue weighted by Gasteiger charge is -2.08. The van der Waals surface area contributed by atoms with Crippen molar-refractivity contribution in [2.75, 3.05) is 6.54 Å². The summed E-state index contributed by atoms with van der Waals surface area (Å²) in [6.07, 6.45) is 4.02. The smallest absolute Gasteiger partial charge is 0.262 e. The summed E-state index contributed by atoms with van der Waals surface area (Å²) in [5, 5.41) is 5.23. The highest BCUT2D eigenvalue weighted by Crippen LogP contribution is 2.13. The van der Waals surface area contributed by atoms with Gasteiger partial charge in [0.15, 0.2) is 0 Å². The first-order valence-electron chi connectivity index (χ1n) is 8.31. The lowest BCUT2D eigenvalue weighted by Crippen LogP contribution is -2.33. The number of aryl methyl sites for hydroxylation is 1. The van der Waals surface area contributed by atoms with E-state index in [2.05, 4.69) is 19.9 Å². The number of carbonyl (C=O) groups is 1. The first-order chi connectivity index (χ1) is 12.7. The SMILES string of the molecule is O=C(Cn1cnc2sccc2c1=O)NCCCn1cnc2ccccc21. The lowest BCUT2D eigenvalue weighted by atomic mass is 10.3. The van der Waals surface area contributed by atoms with Crippen molar-refractivity contribution in [2.24, 2.45) is 0 Å². The number of nitrogens with zero attached hydrogens (tertiary/aromatic N) is 4. The molecule has 0 aliphatic rings. The van der Waals surface area contributed by atoms with Crippen molar-refractivity contribution in [3.05, 3.63) is 58.7 Å². The molecule has 3 aromatic heterocycles. The van der Waals surface area contributed by atoms with Gasteiger partial charge in [0.25, 0.3) is 5.56 Å². The Morgan fingerprint density at radius 3 is 2.88 bits per heavy atom. The van der Waals surface area contributed by atoms with Crippen LogP contribution in [-0.4, -0.2) is 31.6 Å². The number of nitrogens with one attached hydrogen (secondary N) is 1. The van der Waals surface area contributed by atoms with Crippen LogP contribution in [0.1, 0.15) is 6.42 Å². The third-order valence-electron chi connectivity index (χ3n) is 4.19. The van der Waals surface area contributed by atoms with E-state index in [9.17, 15) is 9.59 Å². The topological polar surface area (TPSA) is 81.8 Å². The standard InChI is InChI=1S/C18H17N5O2S/c24-16(10-23-12-21-17-13(18(23)25)6-9-26-17)19-7-3-8-22-11-20-14-4-1-2-5-15(14)22/h1-2,4-6,9,11-12H,3,7-8,10H2,(H,19,24). The summed E-state index contributed by atoms with van der Waals surface area (Å²) in [7, 11) is 0. The highest BCUT2D eigenvalue weighted by atomic mass is 32.1. The first kappa shape index (κ1) is 16.5. The number of aromatic nitrogens is 4. The van der Waals surface area contributed by atoms with Crippen LogP contribution in [0.2, 0.25) is 0 Å². The van der Waals surface area contributed by atoms with E-state index in [1.165, 1.54) is 22.2 Å². The van der Waals surface area contributed by atoms with Crippen molar-refractivity contribution in [2.45, 2.75) is 19.5 Å². The van der Waals surface area contributed by atoms with Gasteiger partial charge in [-0.3, -0.25) is 14.2 Å². The van der Waals surface area contributed by atoms with Crippen molar-refractivity contribution in [1.82, 2.24) is 24.4 Å². The zero-order chi connectivity index (χ0) is 17.9. The molecule has 3 heterocycles. The molecule has 0 atom stereocenters. The van der Waals surface area contributed by atoms with Crippen LogP contribution in [0.3, 0.4) is 0 Å². The van der Waals surface area contributed by atoms with Crippen molar-refractivity contribution in [1.29, 1.82) is 0 Å². The monoisotopic (exact) mass is 367 g/mol. The minimum Gasteiger partial charge on any atom is -0.354 e. The molecule has 0 aliphatic heterocycles. The second kappa shape index (κ2) is 7.09. The Hall–Kier alpha value is -3.00. The van der Waals surface area contributed by atoms with E-state index in [1.54, 1.807) is 6.07 Å². The molecule has 1 aromatic carbocycles. The molecule has 1 amide bonds. The van der Waals surface area contributed by atoms with Crippen molar-refractivity contribution in [3.63, 3.8) is 0 Å². The molecule has 7 nitrogen and oxygen atoms in total. The summed E-state index contributed by atoms with van der Waals surface area (Å²) in [6.45, 7) is 1.28. The summed E-state index contributed by atoms with van der Waals surface area (Å²) in [5.41, 5.74) is 1.86. The fraction of sp³-hybridized carbons (Fsp3) is 0.222. The van der Waals surface area contributed by atoms with E-state index in [0.717, 1.165) is 24.0 Å². The number of amides is 1. The number of carbonyl (C=O) groups excluding carboxylic acids is 1. The van der Waals surface area contributed by atoms with Gasteiger partial charge in [-0.05, 0) is 30.0 Å².